The summed E-state index contributed by atoms with van der Waals surface area (Å²) in [6.07, 6.45) is -0.467. The smallest absolute Gasteiger partial charge is 0.411 e. The first kappa shape index (κ1) is 21.2. The molecule has 0 aliphatic heterocycles. The van der Waals surface area contributed by atoms with Crippen LogP contribution in [0.4, 0.5) is 10.5 Å². The van der Waals surface area contributed by atoms with Crippen molar-refractivity contribution < 1.29 is 24.1 Å². The zero-order chi connectivity index (χ0) is 21.3. The average molecular weight is 407 g/mol. The van der Waals surface area contributed by atoms with Gasteiger partial charge < -0.3 is 19.3 Å². The van der Waals surface area contributed by atoms with Crippen LogP contribution >= 0.6 is 0 Å². The molecule has 1 unspecified atom stereocenters. The summed E-state index contributed by atoms with van der Waals surface area (Å²) in [5.74, 6) is 0.831. The molecule has 30 heavy (non-hydrogen) atoms. The quantitative estimate of drug-likeness (QED) is 0.545. The minimum Gasteiger partial charge on any atom is -0.508 e. The van der Waals surface area contributed by atoms with Crippen LogP contribution in [-0.4, -0.2) is 25.4 Å². The van der Waals surface area contributed by atoms with E-state index in [1.165, 1.54) is 0 Å². The van der Waals surface area contributed by atoms with Crippen molar-refractivity contribution in [3.63, 3.8) is 0 Å². The van der Waals surface area contributed by atoms with Gasteiger partial charge in [0.05, 0.1) is 13.2 Å². The van der Waals surface area contributed by atoms with E-state index < -0.39 is 6.09 Å². The Balaban J connectivity index is 1.71. The molecule has 3 aromatic rings. The Labute approximate surface area is 176 Å². The third-order valence-corrected chi connectivity index (χ3v) is 4.71. The molecule has 1 amide bonds. The molecule has 0 saturated heterocycles. The Morgan fingerprint density at radius 2 is 1.73 bits per heavy atom. The molecule has 6 heteroatoms. The third-order valence-electron chi connectivity index (χ3n) is 4.71. The number of anilines is 1. The summed E-state index contributed by atoms with van der Waals surface area (Å²) in [5, 5.41) is 12.9. The van der Waals surface area contributed by atoms with Gasteiger partial charge in [-0.1, -0.05) is 48.5 Å². The van der Waals surface area contributed by atoms with Gasteiger partial charge in [-0.15, -0.1) is 0 Å². The highest BCUT2D eigenvalue weighted by Crippen LogP contribution is 2.33. The van der Waals surface area contributed by atoms with Gasteiger partial charge in [-0.3, -0.25) is 5.32 Å². The normalized spacial score (nSPS) is 11.5. The molecule has 156 valence electrons. The second-order valence-electron chi connectivity index (χ2n) is 6.70. The van der Waals surface area contributed by atoms with E-state index in [4.69, 9.17) is 14.2 Å². The fraction of sp³-hybridized carbons (Fsp3) is 0.208. The lowest BCUT2D eigenvalue weighted by molar-refractivity contribution is 0.101. The first-order valence-electron chi connectivity index (χ1n) is 9.56. The van der Waals surface area contributed by atoms with Crippen LogP contribution in [0, 0.1) is 0 Å². The van der Waals surface area contributed by atoms with Crippen molar-refractivity contribution in [2.45, 2.75) is 19.1 Å². The minimum atomic E-state index is -0.543. The summed E-state index contributed by atoms with van der Waals surface area (Å²) in [4.78, 5) is 12.2. The standard InChI is InChI=1S/C24H25NO5/c1-28-22-13-12-19(25-24(27)30-16-17-8-4-3-5-9-17)14-18(22)15-23(29-2)20-10-6-7-11-21(20)26/h3-14,23,26H,15-16H2,1-2H3,(H,25,27). The van der Waals surface area contributed by atoms with Gasteiger partial charge in [-0.2, -0.15) is 0 Å². The van der Waals surface area contributed by atoms with Gasteiger partial charge in [0.15, 0.2) is 0 Å². The number of phenolic OH excluding ortho intramolecular Hbond substituents is 1. The molecule has 0 aliphatic carbocycles. The largest absolute Gasteiger partial charge is 0.508 e. The van der Waals surface area contributed by atoms with E-state index in [2.05, 4.69) is 5.32 Å². The SMILES string of the molecule is COc1ccc(NC(=O)OCc2ccccc2)cc1CC(OC)c1ccccc1O. The maximum absolute atomic E-state index is 12.2. The van der Waals surface area contributed by atoms with Crippen molar-refractivity contribution in [1.29, 1.82) is 0 Å². The molecular weight excluding hydrogens is 382 g/mol. The number of carbonyl (C=O) groups excluding carboxylic acids is 1. The number of rotatable bonds is 8. The first-order valence-corrected chi connectivity index (χ1v) is 9.56. The summed E-state index contributed by atoms with van der Waals surface area (Å²) in [6.45, 7) is 0.189. The van der Waals surface area contributed by atoms with Crippen LogP contribution in [0.2, 0.25) is 0 Å². The molecule has 6 nitrogen and oxygen atoms in total. The molecule has 0 aliphatic rings. The number of carbonyl (C=O) groups is 1. The first-order chi connectivity index (χ1) is 14.6. The maximum Gasteiger partial charge on any atom is 0.411 e. The summed E-state index contributed by atoms with van der Waals surface area (Å²) in [5.41, 5.74) is 3.00. The zero-order valence-corrected chi connectivity index (χ0v) is 17.0. The molecule has 0 spiro atoms. The summed E-state index contributed by atoms with van der Waals surface area (Å²) in [6, 6.07) is 21.9. The molecule has 0 heterocycles. The lowest BCUT2D eigenvalue weighted by Crippen LogP contribution is -2.14. The molecule has 3 rings (SSSR count). The van der Waals surface area contributed by atoms with Gasteiger partial charge in [0.25, 0.3) is 0 Å². The van der Waals surface area contributed by atoms with E-state index in [9.17, 15) is 9.90 Å². The number of aromatic hydroxyl groups is 1. The molecule has 2 N–H and O–H groups in total. The molecule has 3 aromatic carbocycles. The van der Waals surface area contributed by atoms with Gasteiger partial charge in [0.1, 0.15) is 18.1 Å². The predicted octanol–water partition coefficient (Wildman–Crippen LogP) is 5.08. The molecule has 0 fully saturated rings. The monoisotopic (exact) mass is 407 g/mol. The fourth-order valence-electron chi connectivity index (χ4n) is 3.17. The maximum atomic E-state index is 12.2. The number of phenols is 1. The average Bonchev–Trinajstić information content (AvgIpc) is 2.77. The van der Waals surface area contributed by atoms with Crippen LogP contribution in [0.5, 0.6) is 11.5 Å². The Morgan fingerprint density at radius 1 is 1.00 bits per heavy atom. The number of nitrogens with one attached hydrogen (secondary N) is 1. The van der Waals surface area contributed by atoms with Crippen molar-refractivity contribution >= 4 is 11.8 Å². The van der Waals surface area contributed by atoms with Crippen molar-refractivity contribution in [3.05, 3.63) is 89.5 Å². The Bertz CT molecular complexity index is 974. The van der Waals surface area contributed by atoms with E-state index in [1.54, 1.807) is 38.5 Å². The zero-order valence-electron chi connectivity index (χ0n) is 17.0. The number of hydrogen-bond donors (Lipinski definition) is 2. The highest BCUT2D eigenvalue weighted by Gasteiger charge is 2.18. The minimum absolute atomic E-state index is 0.169. The Kier molecular flexibility index (Phi) is 7.29. The van der Waals surface area contributed by atoms with Crippen LogP contribution in [0.1, 0.15) is 22.8 Å². The molecule has 0 bridgehead atoms. The molecule has 1 atom stereocenters. The second-order valence-corrected chi connectivity index (χ2v) is 6.70. The predicted molar refractivity (Wildman–Crippen MR) is 115 cm³/mol. The highest BCUT2D eigenvalue weighted by atomic mass is 16.5. The van der Waals surface area contributed by atoms with Crippen LogP contribution in [-0.2, 0) is 22.5 Å². The topological polar surface area (TPSA) is 77.0 Å². The number of para-hydroxylation sites is 1. The lowest BCUT2D eigenvalue weighted by atomic mass is 9.99. The van der Waals surface area contributed by atoms with Crippen LogP contribution < -0.4 is 10.1 Å². The van der Waals surface area contributed by atoms with Crippen LogP contribution in [0.3, 0.4) is 0 Å². The summed E-state index contributed by atoms with van der Waals surface area (Å²) >= 11 is 0. The molecular formula is C24H25NO5. The van der Waals surface area contributed by atoms with Crippen molar-refractivity contribution in [3.8, 4) is 11.5 Å². The summed E-state index contributed by atoms with van der Waals surface area (Å²) in [7, 11) is 3.18. The van der Waals surface area contributed by atoms with E-state index in [1.807, 2.05) is 48.5 Å². The van der Waals surface area contributed by atoms with Gasteiger partial charge in [-0.05, 0) is 35.4 Å². The third kappa shape index (κ3) is 5.52. The number of hydrogen-bond acceptors (Lipinski definition) is 5. The van der Waals surface area contributed by atoms with E-state index in [-0.39, 0.29) is 18.5 Å². The number of benzene rings is 3. The van der Waals surface area contributed by atoms with Crippen LogP contribution in [0.25, 0.3) is 0 Å². The number of methoxy groups -OCH3 is 2. The van der Waals surface area contributed by atoms with Crippen molar-refractivity contribution in [2.24, 2.45) is 0 Å². The van der Waals surface area contributed by atoms with Gasteiger partial charge in [0, 0.05) is 24.8 Å². The van der Waals surface area contributed by atoms with E-state index in [0.717, 1.165) is 11.1 Å². The van der Waals surface area contributed by atoms with Crippen molar-refractivity contribution in [2.75, 3.05) is 19.5 Å². The Hall–Kier alpha value is -3.51. The van der Waals surface area contributed by atoms with Crippen molar-refractivity contribution in [1.82, 2.24) is 0 Å². The van der Waals surface area contributed by atoms with E-state index in [0.29, 0.717) is 23.4 Å². The van der Waals surface area contributed by atoms with Crippen LogP contribution in [0.15, 0.2) is 72.8 Å². The Morgan fingerprint density at radius 3 is 2.43 bits per heavy atom. The molecule has 0 radical (unpaired) electrons. The highest BCUT2D eigenvalue weighted by molar-refractivity contribution is 5.84. The fourth-order valence-corrected chi connectivity index (χ4v) is 3.17. The summed E-state index contributed by atoms with van der Waals surface area (Å²) < 4.78 is 16.3. The van der Waals surface area contributed by atoms with E-state index >= 15 is 0 Å². The number of ether oxygens (including phenoxy) is 3. The second kappa shape index (κ2) is 10.3. The van der Waals surface area contributed by atoms with Gasteiger partial charge >= 0.3 is 6.09 Å². The lowest BCUT2D eigenvalue weighted by Gasteiger charge is -2.19. The number of amides is 1. The van der Waals surface area contributed by atoms with Gasteiger partial charge in [-0.25, -0.2) is 4.79 Å². The van der Waals surface area contributed by atoms with Gasteiger partial charge in [0.2, 0.25) is 0 Å². The molecule has 0 aromatic heterocycles. The molecule has 0 saturated carbocycles.